The molecular formula is C26H27N3O4. The van der Waals surface area contributed by atoms with Crippen molar-refractivity contribution in [1.82, 2.24) is 5.32 Å². The van der Waals surface area contributed by atoms with E-state index in [1.165, 1.54) is 0 Å². The van der Waals surface area contributed by atoms with Crippen LogP contribution in [0.3, 0.4) is 0 Å². The van der Waals surface area contributed by atoms with Crippen molar-refractivity contribution in [2.75, 3.05) is 24.4 Å². The maximum absolute atomic E-state index is 13.1. The maximum Gasteiger partial charge on any atom is 0.319 e. The summed E-state index contributed by atoms with van der Waals surface area (Å²) in [6.07, 6.45) is 0.803. The van der Waals surface area contributed by atoms with E-state index in [2.05, 4.69) is 10.6 Å². The van der Waals surface area contributed by atoms with Crippen LogP contribution in [0.5, 0.6) is 11.5 Å². The first-order valence-electron chi connectivity index (χ1n) is 10.8. The van der Waals surface area contributed by atoms with Crippen molar-refractivity contribution in [3.8, 4) is 11.5 Å². The number of fused-ring (bicyclic) bond motifs is 1. The Hall–Kier alpha value is -4.00. The molecule has 0 spiro atoms. The molecule has 2 N–H and O–H groups in total. The molecule has 1 atom stereocenters. The molecule has 1 aliphatic rings. The van der Waals surface area contributed by atoms with E-state index in [9.17, 15) is 9.59 Å². The molecule has 1 heterocycles. The minimum atomic E-state index is -0.368. The second-order valence-electron chi connectivity index (χ2n) is 7.93. The summed E-state index contributed by atoms with van der Waals surface area (Å²) in [5.74, 6) is 1.13. The van der Waals surface area contributed by atoms with Crippen LogP contribution in [0.1, 0.15) is 28.4 Å². The van der Waals surface area contributed by atoms with Crippen LogP contribution in [-0.4, -0.2) is 32.2 Å². The van der Waals surface area contributed by atoms with Crippen molar-refractivity contribution in [1.29, 1.82) is 0 Å². The SMILES string of the molecule is COc1ccc(OC)c(NC(=O)NCc2ccc3c(c2)N(C(=O)c2ccccc2)[C@H](C)C3)c1. The van der Waals surface area contributed by atoms with Gasteiger partial charge in [0.25, 0.3) is 5.91 Å². The largest absolute Gasteiger partial charge is 0.497 e. The van der Waals surface area contributed by atoms with Crippen LogP contribution in [-0.2, 0) is 13.0 Å². The number of carbonyl (C=O) groups excluding carboxylic acids is 2. The Morgan fingerprint density at radius 2 is 1.79 bits per heavy atom. The normalized spacial score (nSPS) is 14.4. The van der Waals surface area contributed by atoms with Crippen LogP contribution in [0.2, 0.25) is 0 Å². The summed E-state index contributed by atoms with van der Waals surface area (Å²) in [5.41, 5.74) is 4.09. The summed E-state index contributed by atoms with van der Waals surface area (Å²) >= 11 is 0. The van der Waals surface area contributed by atoms with E-state index < -0.39 is 0 Å². The Bertz CT molecular complexity index is 1160. The molecule has 0 aromatic heterocycles. The Balaban J connectivity index is 1.46. The highest BCUT2D eigenvalue weighted by Gasteiger charge is 2.31. The highest BCUT2D eigenvalue weighted by Crippen LogP contribution is 2.34. The van der Waals surface area contributed by atoms with Crippen molar-refractivity contribution >= 4 is 23.3 Å². The number of nitrogens with one attached hydrogen (secondary N) is 2. The Kier molecular flexibility index (Phi) is 6.49. The highest BCUT2D eigenvalue weighted by molar-refractivity contribution is 6.07. The minimum Gasteiger partial charge on any atom is -0.497 e. The monoisotopic (exact) mass is 445 g/mol. The molecule has 4 rings (SSSR count). The predicted molar refractivity (Wildman–Crippen MR) is 128 cm³/mol. The van der Waals surface area contributed by atoms with Gasteiger partial charge in [0.1, 0.15) is 11.5 Å². The fourth-order valence-electron chi connectivity index (χ4n) is 4.05. The molecule has 0 saturated carbocycles. The van der Waals surface area contributed by atoms with Crippen molar-refractivity contribution in [2.24, 2.45) is 0 Å². The van der Waals surface area contributed by atoms with Gasteiger partial charge in [-0.2, -0.15) is 0 Å². The van der Waals surface area contributed by atoms with E-state index >= 15 is 0 Å². The molecule has 170 valence electrons. The lowest BCUT2D eigenvalue weighted by Gasteiger charge is -2.23. The molecule has 7 heteroatoms. The van der Waals surface area contributed by atoms with Gasteiger partial charge in [-0.3, -0.25) is 4.79 Å². The average Bonchev–Trinajstić information content (AvgIpc) is 3.17. The molecule has 1 aliphatic heterocycles. The molecule has 33 heavy (non-hydrogen) atoms. The maximum atomic E-state index is 13.1. The fourth-order valence-corrected chi connectivity index (χ4v) is 4.05. The zero-order valence-electron chi connectivity index (χ0n) is 18.9. The van der Waals surface area contributed by atoms with Gasteiger partial charge in [0.05, 0.1) is 19.9 Å². The first-order valence-corrected chi connectivity index (χ1v) is 10.8. The van der Waals surface area contributed by atoms with Gasteiger partial charge in [-0.15, -0.1) is 0 Å². The number of hydrogen-bond donors (Lipinski definition) is 2. The number of rotatable bonds is 6. The Morgan fingerprint density at radius 3 is 2.52 bits per heavy atom. The van der Waals surface area contributed by atoms with Crippen molar-refractivity contribution in [2.45, 2.75) is 25.9 Å². The predicted octanol–water partition coefficient (Wildman–Crippen LogP) is 4.62. The van der Waals surface area contributed by atoms with E-state index in [4.69, 9.17) is 9.47 Å². The zero-order valence-corrected chi connectivity index (χ0v) is 18.9. The number of hydrogen-bond acceptors (Lipinski definition) is 4. The highest BCUT2D eigenvalue weighted by atomic mass is 16.5. The quantitative estimate of drug-likeness (QED) is 0.580. The summed E-state index contributed by atoms with van der Waals surface area (Å²) < 4.78 is 10.5. The number of anilines is 2. The average molecular weight is 446 g/mol. The van der Waals surface area contributed by atoms with Crippen molar-refractivity contribution < 1.29 is 19.1 Å². The summed E-state index contributed by atoms with van der Waals surface area (Å²) in [5, 5.41) is 5.66. The van der Waals surface area contributed by atoms with Crippen molar-refractivity contribution in [3.05, 3.63) is 83.4 Å². The van der Waals surface area contributed by atoms with Gasteiger partial charge in [0.15, 0.2) is 0 Å². The molecule has 0 fully saturated rings. The molecule has 7 nitrogen and oxygen atoms in total. The molecule has 0 unspecified atom stereocenters. The van der Waals surface area contributed by atoms with Gasteiger partial charge < -0.3 is 25.0 Å². The smallest absolute Gasteiger partial charge is 0.319 e. The van der Waals surface area contributed by atoms with Crippen LogP contribution < -0.4 is 25.0 Å². The topological polar surface area (TPSA) is 79.9 Å². The molecule has 0 bridgehead atoms. The Labute approximate surface area is 193 Å². The Morgan fingerprint density at radius 1 is 1.00 bits per heavy atom. The standard InChI is InChI=1S/C26H27N3O4/c1-17-13-20-10-9-18(14-23(20)29(17)25(30)19-7-5-4-6-8-19)16-27-26(31)28-22-15-21(32-2)11-12-24(22)33-3/h4-12,14-15,17H,13,16H2,1-3H3,(H2,27,28,31)/t17-/m1/s1. The van der Waals surface area contributed by atoms with Gasteiger partial charge in [0.2, 0.25) is 0 Å². The number of amides is 3. The number of carbonyl (C=O) groups is 2. The van der Waals surface area contributed by atoms with Gasteiger partial charge in [-0.1, -0.05) is 30.3 Å². The van der Waals surface area contributed by atoms with E-state index in [1.54, 1.807) is 32.4 Å². The van der Waals surface area contributed by atoms with Crippen LogP contribution in [0.15, 0.2) is 66.7 Å². The second kappa shape index (κ2) is 9.65. The first-order chi connectivity index (χ1) is 16.0. The third kappa shape index (κ3) is 4.77. The second-order valence-corrected chi connectivity index (χ2v) is 7.93. The zero-order chi connectivity index (χ0) is 23.4. The van der Waals surface area contributed by atoms with E-state index in [-0.39, 0.29) is 18.0 Å². The first kappa shape index (κ1) is 22.2. The van der Waals surface area contributed by atoms with E-state index in [0.717, 1.165) is 23.2 Å². The number of methoxy groups -OCH3 is 2. The molecular weight excluding hydrogens is 418 g/mol. The van der Waals surface area contributed by atoms with Gasteiger partial charge >= 0.3 is 6.03 Å². The van der Waals surface area contributed by atoms with Crippen molar-refractivity contribution in [3.63, 3.8) is 0 Å². The number of nitrogens with zero attached hydrogens (tertiary/aromatic N) is 1. The third-order valence-corrected chi connectivity index (χ3v) is 5.71. The molecule has 0 saturated heterocycles. The van der Waals surface area contributed by atoms with Crippen LogP contribution in [0.25, 0.3) is 0 Å². The molecule has 3 aromatic rings. The van der Waals surface area contributed by atoms with Crippen LogP contribution in [0.4, 0.5) is 16.2 Å². The van der Waals surface area contributed by atoms with E-state index in [1.807, 2.05) is 60.4 Å². The lowest BCUT2D eigenvalue weighted by Crippen LogP contribution is -2.35. The summed E-state index contributed by atoms with van der Waals surface area (Å²) in [4.78, 5) is 27.5. The van der Waals surface area contributed by atoms with Crippen LogP contribution in [0, 0.1) is 0 Å². The molecule has 0 radical (unpaired) electrons. The minimum absolute atomic E-state index is 0.0187. The summed E-state index contributed by atoms with van der Waals surface area (Å²) in [7, 11) is 3.10. The lowest BCUT2D eigenvalue weighted by molar-refractivity contribution is 0.0981. The number of benzene rings is 3. The van der Waals surface area contributed by atoms with Crippen LogP contribution >= 0.6 is 0 Å². The summed E-state index contributed by atoms with van der Waals surface area (Å²) in [6, 6.07) is 20.2. The van der Waals surface area contributed by atoms with E-state index in [0.29, 0.717) is 29.3 Å². The molecule has 0 aliphatic carbocycles. The molecule has 3 aromatic carbocycles. The lowest BCUT2D eigenvalue weighted by atomic mass is 10.1. The number of urea groups is 1. The fraction of sp³-hybridized carbons (Fsp3) is 0.231. The van der Waals surface area contributed by atoms with Gasteiger partial charge in [-0.25, -0.2) is 4.79 Å². The third-order valence-electron chi connectivity index (χ3n) is 5.71. The van der Waals surface area contributed by atoms with Gasteiger partial charge in [-0.05, 0) is 54.8 Å². The summed E-state index contributed by atoms with van der Waals surface area (Å²) in [6.45, 7) is 2.36. The molecule has 3 amide bonds. The van der Waals surface area contributed by atoms with Gasteiger partial charge in [0, 0.05) is 29.9 Å². The number of ether oxygens (including phenoxy) is 2.